The van der Waals surface area contributed by atoms with Crippen LogP contribution >= 0.6 is 23.2 Å². The van der Waals surface area contributed by atoms with Crippen molar-refractivity contribution in [3.8, 4) is 5.75 Å². The van der Waals surface area contributed by atoms with Gasteiger partial charge in [-0.05, 0) is 35.4 Å². The Morgan fingerprint density at radius 2 is 1.62 bits per heavy atom. The van der Waals surface area contributed by atoms with Gasteiger partial charge < -0.3 is 10.2 Å². The van der Waals surface area contributed by atoms with Crippen LogP contribution in [0.25, 0.3) is 0 Å². The van der Waals surface area contributed by atoms with Crippen molar-refractivity contribution in [3.63, 3.8) is 0 Å². The average Bonchev–Trinajstić information content (AvgIpc) is 2.66. The predicted molar refractivity (Wildman–Crippen MR) is 108 cm³/mol. The summed E-state index contributed by atoms with van der Waals surface area (Å²) in [6, 6.07) is 23.2. The molecule has 3 nitrogen and oxygen atoms in total. The molecule has 0 aromatic heterocycles. The Morgan fingerprint density at radius 3 is 2.38 bits per heavy atom. The molecule has 0 heterocycles. The van der Waals surface area contributed by atoms with Crippen LogP contribution in [0.5, 0.6) is 5.75 Å². The summed E-state index contributed by atoms with van der Waals surface area (Å²) >= 11 is 12.3. The fourth-order valence-corrected chi connectivity index (χ4v) is 2.87. The van der Waals surface area contributed by atoms with Crippen LogP contribution in [-0.4, -0.2) is 6.21 Å². The molecule has 26 heavy (non-hydrogen) atoms. The monoisotopic (exact) mass is 384 g/mol. The van der Waals surface area contributed by atoms with Crippen LogP contribution in [-0.2, 0) is 13.2 Å². The highest BCUT2D eigenvalue weighted by Gasteiger charge is 2.06. The minimum atomic E-state index is 0.311. The van der Waals surface area contributed by atoms with E-state index in [2.05, 4.69) is 22.7 Å². The molecule has 0 fully saturated rings. The third kappa shape index (κ3) is 5.25. The SMILES string of the molecule is Clc1cccc(Cl)c1COc1cccc(C=NNCc2ccccc2)c1. The van der Waals surface area contributed by atoms with E-state index in [1.54, 1.807) is 18.3 Å². The molecule has 1 N–H and O–H groups in total. The Bertz CT molecular complexity index is 862. The summed E-state index contributed by atoms with van der Waals surface area (Å²) in [5.74, 6) is 0.730. The number of ether oxygens (including phenoxy) is 1. The first-order chi connectivity index (χ1) is 12.7. The Balaban J connectivity index is 1.57. The highest BCUT2D eigenvalue weighted by atomic mass is 35.5. The lowest BCUT2D eigenvalue weighted by molar-refractivity contribution is 0.306. The van der Waals surface area contributed by atoms with E-state index in [0.29, 0.717) is 23.2 Å². The van der Waals surface area contributed by atoms with E-state index in [1.165, 1.54) is 5.56 Å². The minimum Gasteiger partial charge on any atom is -0.489 e. The van der Waals surface area contributed by atoms with E-state index in [0.717, 1.165) is 16.9 Å². The minimum absolute atomic E-state index is 0.311. The second kappa shape index (κ2) is 9.27. The van der Waals surface area contributed by atoms with Crippen LogP contribution < -0.4 is 10.2 Å². The lowest BCUT2D eigenvalue weighted by Gasteiger charge is -2.10. The summed E-state index contributed by atoms with van der Waals surface area (Å²) in [5, 5.41) is 5.45. The van der Waals surface area contributed by atoms with Crippen molar-refractivity contribution in [1.29, 1.82) is 0 Å². The third-order valence-electron chi connectivity index (χ3n) is 3.73. The molecule has 0 unspecified atom stereocenters. The van der Waals surface area contributed by atoms with E-state index in [4.69, 9.17) is 27.9 Å². The van der Waals surface area contributed by atoms with Crippen molar-refractivity contribution in [2.75, 3.05) is 0 Å². The highest BCUT2D eigenvalue weighted by molar-refractivity contribution is 6.35. The molecule has 0 amide bonds. The van der Waals surface area contributed by atoms with Crippen molar-refractivity contribution >= 4 is 29.4 Å². The summed E-state index contributed by atoms with van der Waals surface area (Å²) in [7, 11) is 0. The van der Waals surface area contributed by atoms with Crippen LogP contribution in [0.1, 0.15) is 16.7 Å². The Kier molecular flexibility index (Phi) is 6.53. The topological polar surface area (TPSA) is 33.6 Å². The van der Waals surface area contributed by atoms with Crippen molar-refractivity contribution in [1.82, 2.24) is 5.43 Å². The first-order valence-electron chi connectivity index (χ1n) is 8.18. The maximum absolute atomic E-state index is 6.17. The molecule has 3 aromatic rings. The standard InChI is InChI=1S/C21H18Cl2N2O/c22-20-10-5-11-21(23)19(20)15-26-18-9-4-8-17(12-18)14-25-24-13-16-6-2-1-3-7-16/h1-12,14,24H,13,15H2. The maximum atomic E-state index is 6.17. The summed E-state index contributed by atoms with van der Waals surface area (Å²) in [6.45, 7) is 0.990. The Hall–Kier alpha value is -2.49. The molecule has 5 heteroatoms. The molecule has 0 aliphatic rings. The number of rotatable bonds is 7. The van der Waals surface area contributed by atoms with Crippen LogP contribution in [0.4, 0.5) is 0 Å². The fourth-order valence-electron chi connectivity index (χ4n) is 2.36. The molecular weight excluding hydrogens is 367 g/mol. The summed E-state index contributed by atoms with van der Waals surface area (Å²) < 4.78 is 5.82. The van der Waals surface area contributed by atoms with Crippen molar-refractivity contribution in [2.24, 2.45) is 5.10 Å². The first-order valence-corrected chi connectivity index (χ1v) is 8.93. The molecule has 0 radical (unpaired) electrons. The molecule has 3 aromatic carbocycles. The number of halogens is 2. The number of hydrogen-bond acceptors (Lipinski definition) is 3. The Labute approximate surface area is 163 Å². The predicted octanol–water partition coefficient (Wildman–Crippen LogP) is 5.70. The molecular formula is C21H18Cl2N2O. The quantitative estimate of drug-likeness (QED) is 0.418. The second-order valence-electron chi connectivity index (χ2n) is 5.64. The van der Waals surface area contributed by atoms with Gasteiger partial charge in [0.25, 0.3) is 0 Å². The number of hydrazone groups is 1. The van der Waals surface area contributed by atoms with Gasteiger partial charge in [0.2, 0.25) is 0 Å². The van der Waals surface area contributed by atoms with E-state index in [-0.39, 0.29) is 0 Å². The van der Waals surface area contributed by atoms with Crippen LogP contribution in [0.2, 0.25) is 10.0 Å². The number of hydrogen-bond donors (Lipinski definition) is 1. The lowest BCUT2D eigenvalue weighted by Crippen LogP contribution is -2.05. The average molecular weight is 385 g/mol. The fraction of sp³-hybridized carbons (Fsp3) is 0.0952. The smallest absolute Gasteiger partial charge is 0.120 e. The molecule has 0 atom stereocenters. The van der Waals surface area contributed by atoms with Gasteiger partial charge in [0.05, 0.1) is 12.8 Å². The maximum Gasteiger partial charge on any atom is 0.120 e. The van der Waals surface area contributed by atoms with Gasteiger partial charge in [-0.3, -0.25) is 0 Å². The van der Waals surface area contributed by atoms with Crippen molar-refractivity contribution in [3.05, 3.63) is 99.5 Å². The largest absolute Gasteiger partial charge is 0.489 e. The zero-order chi connectivity index (χ0) is 18.2. The summed E-state index contributed by atoms with van der Waals surface area (Å²) in [5.41, 5.74) is 5.93. The van der Waals surface area contributed by atoms with Gasteiger partial charge in [-0.15, -0.1) is 0 Å². The molecule has 0 aliphatic heterocycles. The zero-order valence-electron chi connectivity index (χ0n) is 14.0. The van der Waals surface area contributed by atoms with E-state index >= 15 is 0 Å². The third-order valence-corrected chi connectivity index (χ3v) is 4.44. The molecule has 0 bridgehead atoms. The van der Waals surface area contributed by atoms with Gasteiger partial charge in [-0.25, -0.2) is 0 Å². The summed E-state index contributed by atoms with van der Waals surface area (Å²) in [4.78, 5) is 0. The van der Waals surface area contributed by atoms with Gasteiger partial charge in [0.15, 0.2) is 0 Å². The molecule has 3 rings (SSSR count). The first kappa shape index (κ1) is 18.3. The van der Waals surface area contributed by atoms with E-state index in [9.17, 15) is 0 Å². The number of nitrogens with zero attached hydrogens (tertiary/aromatic N) is 1. The number of nitrogens with one attached hydrogen (secondary N) is 1. The Morgan fingerprint density at radius 1 is 0.885 bits per heavy atom. The van der Waals surface area contributed by atoms with E-state index < -0.39 is 0 Å². The van der Waals surface area contributed by atoms with Crippen LogP contribution in [0.15, 0.2) is 77.9 Å². The van der Waals surface area contributed by atoms with E-state index in [1.807, 2.05) is 48.5 Å². The molecule has 0 spiro atoms. The zero-order valence-corrected chi connectivity index (χ0v) is 15.5. The van der Waals surface area contributed by atoms with Crippen molar-refractivity contribution < 1.29 is 4.74 Å². The van der Waals surface area contributed by atoms with Crippen LogP contribution in [0, 0.1) is 0 Å². The normalized spacial score (nSPS) is 10.8. The lowest BCUT2D eigenvalue weighted by atomic mass is 10.2. The molecule has 0 aliphatic carbocycles. The number of benzene rings is 3. The van der Waals surface area contributed by atoms with Gasteiger partial charge in [0, 0.05) is 15.6 Å². The second-order valence-corrected chi connectivity index (χ2v) is 6.45. The van der Waals surface area contributed by atoms with Crippen molar-refractivity contribution in [2.45, 2.75) is 13.2 Å². The van der Waals surface area contributed by atoms with Gasteiger partial charge in [0.1, 0.15) is 12.4 Å². The van der Waals surface area contributed by atoms with Gasteiger partial charge >= 0.3 is 0 Å². The van der Waals surface area contributed by atoms with Gasteiger partial charge in [-0.2, -0.15) is 5.10 Å². The van der Waals surface area contributed by atoms with Gasteiger partial charge in [-0.1, -0.05) is 71.7 Å². The molecule has 0 saturated carbocycles. The molecule has 132 valence electrons. The molecule has 0 saturated heterocycles. The van der Waals surface area contributed by atoms with Crippen LogP contribution in [0.3, 0.4) is 0 Å². The summed E-state index contributed by atoms with van der Waals surface area (Å²) in [6.07, 6.45) is 1.76. The highest BCUT2D eigenvalue weighted by Crippen LogP contribution is 2.26.